The van der Waals surface area contributed by atoms with Crippen molar-refractivity contribution in [3.05, 3.63) is 75.5 Å². The first kappa shape index (κ1) is 31.9. The fraction of sp³-hybridized carbons (Fsp3) is 0.310. The van der Waals surface area contributed by atoms with Crippen LogP contribution >= 0.6 is 35.4 Å². The Kier molecular flexibility index (Phi) is 11.2. The third-order valence-corrected chi connectivity index (χ3v) is 6.86. The van der Waals surface area contributed by atoms with Gasteiger partial charge in [0.15, 0.2) is 5.75 Å². The third-order valence-electron chi connectivity index (χ3n) is 6.08. The molecule has 0 aliphatic rings. The van der Waals surface area contributed by atoms with Gasteiger partial charge in [-0.3, -0.25) is 4.79 Å². The zero-order valence-corrected chi connectivity index (χ0v) is 25.6. The zero-order chi connectivity index (χ0) is 30.3. The minimum absolute atomic E-state index is 0.0404. The molecule has 0 amide bonds. The number of carbonyl (C=O) groups excluding carboxylic acids is 2. The maximum atomic E-state index is 13.3. The van der Waals surface area contributed by atoms with Crippen LogP contribution in [0.15, 0.2) is 48.7 Å². The summed E-state index contributed by atoms with van der Waals surface area (Å²) in [6, 6.07) is 11.1. The summed E-state index contributed by atoms with van der Waals surface area (Å²) in [5, 5.41) is 3.89. The first-order valence-corrected chi connectivity index (χ1v) is 13.6. The number of thiocarbonyl (C=S) groups is 1. The van der Waals surface area contributed by atoms with Crippen LogP contribution in [0.5, 0.6) is 23.0 Å². The molecule has 0 fully saturated rings. The summed E-state index contributed by atoms with van der Waals surface area (Å²) in [4.78, 5) is 29.2. The highest BCUT2D eigenvalue weighted by Crippen LogP contribution is 2.41. The van der Waals surface area contributed by atoms with Crippen molar-refractivity contribution in [3.8, 4) is 23.0 Å². The highest BCUT2D eigenvalue weighted by Gasteiger charge is 2.32. The second-order valence-electron chi connectivity index (χ2n) is 8.87. The Morgan fingerprint density at radius 2 is 1.41 bits per heavy atom. The van der Waals surface area contributed by atoms with Gasteiger partial charge in [-0.2, -0.15) is 0 Å². The molecule has 0 saturated carbocycles. The van der Waals surface area contributed by atoms with Gasteiger partial charge in [-0.15, -0.1) is 0 Å². The lowest BCUT2D eigenvalue weighted by Gasteiger charge is -2.29. The molecule has 0 unspecified atom stereocenters. The number of esters is 2. The average Bonchev–Trinajstić information content (AvgIpc) is 2.94. The fourth-order valence-corrected chi connectivity index (χ4v) is 4.88. The number of pyridine rings is 1. The van der Waals surface area contributed by atoms with Gasteiger partial charge in [0.2, 0.25) is 5.75 Å². The van der Waals surface area contributed by atoms with Crippen molar-refractivity contribution in [1.29, 1.82) is 0 Å². The summed E-state index contributed by atoms with van der Waals surface area (Å²) < 4.78 is 27.7. The number of aromatic nitrogens is 1. The first-order chi connectivity index (χ1) is 19.5. The highest BCUT2D eigenvalue weighted by molar-refractivity contribution is 7.80. The van der Waals surface area contributed by atoms with Crippen LogP contribution in [0.2, 0.25) is 10.0 Å². The Morgan fingerprint density at radius 1 is 0.878 bits per heavy atom. The van der Waals surface area contributed by atoms with Crippen molar-refractivity contribution in [3.63, 3.8) is 0 Å². The molecule has 41 heavy (non-hydrogen) atoms. The molecule has 0 aliphatic heterocycles. The molecule has 1 N–H and O–H groups in total. The molecule has 9 nitrogen and oxygen atoms in total. The van der Waals surface area contributed by atoms with Crippen LogP contribution in [0.4, 0.5) is 0 Å². The van der Waals surface area contributed by atoms with Crippen molar-refractivity contribution in [2.75, 3.05) is 21.3 Å². The maximum Gasteiger partial charge on any atom is 0.328 e. The van der Waals surface area contributed by atoms with Crippen LogP contribution in [0.25, 0.3) is 0 Å². The van der Waals surface area contributed by atoms with Crippen LogP contribution in [0.1, 0.15) is 43.5 Å². The largest absolute Gasteiger partial charge is 0.496 e. The van der Waals surface area contributed by atoms with E-state index < -0.39 is 30.0 Å². The minimum atomic E-state index is -0.900. The second kappa shape index (κ2) is 14.3. The van der Waals surface area contributed by atoms with Crippen LogP contribution in [-0.2, 0) is 14.3 Å². The number of methoxy groups -OCH3 is 3. The Labute approximate surface area is 254 Å². The summed E-state index contributed by atoms with van der Waals surface area (Å²) in [5.41, 5.74) is 1.58. The molecule has 218 valence electrons. The van der Waals surface area contributed by atoms with E-state index in [1.54, 1.807) is 38.1 Å². The quantitative estimate of drug-likeness (QED) is 0.210. The molecule has 1 heterocycles. The molecule has 0 aliphatic carbocycles. The normalized spacial score (nSPS) is 12.2. The topological polar surface area (TPSA) is 105 Å². The minimum Gasteiger partial charge on any atom is -0.496 e. The number of carbonyl (C=O) groups is 2. The molecule has 3 rings (SSSR count). The van der Waals surface area contributed by atoms with Crippen LogP contribution in [0, 0.1) is 0 Å². The standard InChI is InChI=1S/C29H30Cl2N2O7S/c1-15(33-28(41)26-27(40-17(3)34)22(36-4)11-12-32-26)29(35)39-16(2)25(20-9-7-18(30)13-23(20)37-5)21-10-8-19(31)14-24(21)38-6/h7-16,25H,1-6H3,(H,33,41)/t15-,16-/m0/s1. The zero-order valence-electron chi connectivity index (χ0n) is 23.3. The fourth-order valence-electron chi connectivity index (χ4n) is 4.23. The summed E-state index contributed by atoms with van der Waals surface area (Å²) in [6.07, 6.45) is 0.737. The Bertz CT molecular complexity index is 1380. The van der Waals surface area contributed by atoms with Gasteiger partial charge >= 0.3 is 11.9 Å². The van der Waals surface area contributed by atoms with Crippen molar-refractivity contribution < 1.29 is 33.3 Å². The summed E-state index contributed by atoms with van der Waals surface area (Å²) in [6.45, 7) is 4.60. The van der Waals surface area contributed by atoms with E-state index in [9.17, 15) is 9.59 Å². The second-order valence-corrected chi connectivity index (χ2v) is 10.2. The van der Waals surface area contributed by atoms with E-state index in [4.69, 9.17) is 59.1 Å². The van der Waals surface area contributed by atoms with Gasteiger partial charge in [0.05, 0.1) is 27.2 Å². The third kappa shape index (κ3) is 7.78. The van der Waals surface area contributed by atoms with Gasteiger partial charge in [-0.05, 0) is 38.1 Å². The van der Waals surface area contributed by atoms with Gasteiger partial charge in [-0.1, -0.05) is 47.6 Å². The van der Waals surface area contributed by atoms with Crippen LogP contribution < -0.4 is 24.3 Å². The summed E-state index contributed by atoms with van der Waals surface area (Å²) >= 11 is 17.9. The van der Waals surface area contributed by atoms with E-state index >= 15 is 0 Å². The lowest BCUT2D eigenvalue weighted by Crippen LogP contribution is -2.41. The molecule has 1 aromatic heterocycles. The van der Waals surface area contributed by atoms with Crippen molar-refractivity contribution in [2.45, 2.75) is 38.8 Å². The van der Waals surface area contributed by atoms with Crippen molar-refractivity contribution in [2.24, 2.45) is 0 Å². The lowest BCUT2D eigenvalue weighted by molar-refractivity contribution is -0.150. The molecule has 0 spiro atoms. The number of hydrogen-bond donors (Lipinski definition) is 1. The van der Waals surface area contributed by atoms with E-state index in [2.05, 4.69) is 10.3 Å². The molecule has 2 aromatic carbocycles. The number of hydrogen-bond acceptors (Lipinski definition) is 9. The van der Waals surface area contributed by atoms with Gasteiger partial charge in [0, 0.05) is 40.4 Å². The SMILES string of the molecule is COc1cc(Cl)ccc1C(c1ccc(Cl)cc1OC)[C@H](C)OC(=O)[C@H](C)NC(=S)c1nccc(OC)c1OC(C)=O. The Balaban J connectivity index is 1.90. The number of halogens is 2. The van der Waals surface area contributed by atoms with E-state index in [0.717, 1.165) is 11.1 Å². The number of benzene rings is 2. The Hall–Kier alpha value is -3.60. The smallest absolute Gasteiger partial charge is 0.328 e. The molecule has 0 radical (unpaired) electrons. The molecule has 12 heteroatoms. The number of ether oxygens (including phenoxy) is 5. The van der Waals surface area contributed by atoms with Crippen LogP contribution in [-0.4, -0.2) is 55.4 Å². The molecule has 0 saturated heterocycles. The summed E-state index contributed by atoms with van der Waals surface area (Å²) in [5.74, 6) is -0.374. The van der Waals surface area contributed by atoms with E-state index in [1.165, 1.54) is 40.5 Å². The monoisotopic (exact) mass is 620 g/mol. The average molecular weight is 622 g/mol. The van der Waals surface area contributed by atoms with Crippen LogP contribution in [0.3, 0.4) is 0 Å². The van der Waals surface area contributed by atoms with E-state index in [0.29, 0.717) is 21.5 Å². The van der Waals surface area contributed by atoms with Crippen molar-refractivity contribution in [1.82, 2.24) is 10.3 Å². The van der Waals surface area contributed by atoms with Gasteiger partial charge < -0.3 is 29.0 Å². The molecular weight excluding hydrogens is 591 g/mol. The molecule has 3 aromatic rings. The van der Waals surface area contributed by atoms with Gasteiger partial charge in [0.1, 0.15) is 34.3 Å². The van der Waals surface area contributed by atoms with Gasteiger partial charge in [0.25, 0.3) is 0 Å². The maximum absolute atomic E-state index is 13.3. The first-order valence-electron chi connectivity index (χ1n) is 12.4. The molecular formula is C29H30Cl2N2O7S. The van der Waals surface area contributed by atoms with E-state index in [1.807, 2.05) is 12.1 Å². The highest BCUT2D eigenvalue weighted by atomic mass is 35.5. The van der Waals surface area contributed by atoms with Crippen molar-refractivity contribution >= 4 is 52.3 Å². The number of rotatable bonds is 11. The van der Waals surface area contributed by atoms with Gasteiger partial charge in [-0.25, -0.2) is 9.78 Å². The molecule has 2 atom stereocenters. The number of nitrogens with one attached hydrogen (secondary N) is 1. The lowest BCUT2D eigenvalue weighted by atomic mass is 9.86. The summed E-state index contributed by atoms with van der Waals surface area (Å²) in [7, 11) is 4.49. The Morgan fingerprint density at radius 3 is 1.90 bits per heavy atom. The molecule has 0 bridgehead atoms. The predicted octanol–water partition coefficient (Wildman–Crippen LogP) is 5.76. The number of nitrogens with zero attached hydrogens (tertiary/aromatic N) is 1. The predicted molar refractivity (Wildman–Crippen MR) is 160 cm³/mol. The van der Waals surface area contributed by atoms with E-state index in [-0.39, 0.29) is 22.2 Å².